The van der Waals surface area contributed by atoms with Crippen LogP contribution in [0.15, 0.2) is 53.1 Å². The maximum atomic E-state index is 13.3. The summed E-state index contributed by atoms with van der Waals surface area (Å²) in [6.07, 6.45) is 5.99. The molecule has 7 heteroatoms. The van der Waals surface area contributed by atoms with Gasteiger partial charge in [-0.1, -0.05) is 36.6 Å². The Balaban J connectivity index is 1.42. The van der Waals surface area contributed by atoms with Crippen molar-refractivity contribution in [3.63, 3.8) is 0 Å². The molecule has 0 radical (unpaired) electrons. The highest BCUT2D eigenvalue weighted by molar-refractivity contribution is 5.76. The van der Waals surface area contributed by atoms with Gasteiger partial charge in [0.1, 0.15) is 11.6 Å². The van der Waals surface area contributed by atoms with Crippen LogP contribution in [0.25, 0.3) is 11.4 Å². The Bertz CT molecular complexity index is 996. The molecule has 1 aromatic heterocycles. The molecule has 0 saturated heterocycles. The third kappa shape index (κ3) is 5.54. The summed E-state index contributed by atoms with van der Waals surface area (Å²) in [6, 6.07) is 12.4. The fraction of sp³-hybridized carbons (Fsp3) is 0.375. The van der Waals surface area contributed by atoms with E-state index in [9.17, 15) is 13.6 Å². The molecule has 0 N–H and O–H groups in total. The normalized spacial score (nSPS) is 14.5. The lowest BCUT2D eigenvalue weighted by Gasteiger charge is -2.34. The van der Waals surface area contributed by atoms with Crippen LogP contribution in [0, 0.1) is 11.6 Å². The molecule has 2 aromatic carbocycles. The Hall–Kier alpha value is -3.09. The Kier molecular flexibility index (Phi) is 6.70. The molecule has 0 spiro atoms. The molecule has 1 heterocycles. The zero-order chi connectivity index (χ0) is 21.6. The standard InChI is InChI=1S/C24H25F2N3O2/c25-19-10-6-17(7-11-19)16-29(21-4-2-1-3-5-21)23(30)15-14-22-27-24(28-31-22)18-8-12-20(26)13-9-18/h6-13,21H,1-5,14-16H2. The number of halogens is 2. The van der Waals surface area contributed by atoms with E-state index < -0.39 is 0 Å². The maximum Gasteiger partial charge on any atom is 0.227 e. The predicted molar refractivity (Wildman–Crippen MR) is 112 cm³/mol. The van der Waals surface area contributed by atoms with E-state index in [0.717, 1.165) is 31.2 Å². The topological polar surface area (TPSA) is 59.2 Å². The molecule has 1 amide bonds. The molecule has 4 rings (SSSR count). The van der Waals surface area contributed by atoms with Crippen LogP contribution in [0.3, 0.4) is 0 Å². The molecular weight excluding hydrogens is 400 g/mol. The van der Waals surface area contributed by atoms with Gasteiger partial charge < -0.3 is 9.42 Å². The summed E-state index contributed by atoms with van der Waals surface area (Å²) in [5, 5.41) is 3.94. The van der Waals surface area contributed by atoms with Crippen molar-refractivity contribution < 1.29 is 18.1 Å². The van der Waals surface area contributed by atoms with Gasteiger partial charge >= 0.3 is 0 Å². The number of nitrogens with zero attached hydrogens (tertiary/aromatic N) is 3. The highest BCUT2D eigenvalue weighted by Crippen LogP contribution is 2.25. The zero-order valence-corrected chi connectivity index (χ0v) is 17.3. The number of carbonyl (C=O) groups is 1. The predicted octanol–water partition coefficient (Wildman–Crippen LogP) is 5.31. The molecule has 1 aliphatic carbocycles. The SMILES string of the molecule is O=C(CCc1nc(-c2ccc(F)cc2)no1)N(Cc1ccc(F)cc1)C1CCCCC1. The summed E-state index contributed by atoms with van der Waals surface area (Å²) in [5.41, 5.74) is 1.57. The smallest absolute Gasteiger partial charge is 0.227 e. The molecular formula is C24H25F2N3O2. The lowest BCUT2D eigenvalue weighted by Crippen LogP contribution is -2.41. The van der Waals surface area contributed by atoms with Crippen molar-refractivity contribution in [3.05, 3.63) is 71.6 Å². The van der Waals surface area contributed by atoms with Crippen LogP contribution < -0.4 is 0 Å². The molecule has 3 aromatic rings. The van der Waals surface area contributed by atoms with Gasteiger partial charge in [-0.2, -0.15) is 4.98 Å². The second-order valence-corrected chi connectivity index (χ2v) is 7.96. The second kappa shape index (κ2) is 9.81. The van der Waals surface area contributed by atoms with E-state index >= 15 is 0 Å². The number of hydrogen-bond acceptors (Lipinski definition) is 4. The first kappa shape index (κ1) is 21.2. The van der Waals surface area contributed by atoms with Crippen LogP contribution in [0.5, 0.6) is 0 Å². The molecule has 1 aliphatic rings. The number of carbonyl (C=O) groups excluding carboxylic acids is 1. The summed E-state index contributed by atoms with van der Waals surface area (Å²) in [5.74, 6) is 0.156. The van der Waals surface area contributed by atoms with E-state index in [-0.39, 0.29) is 30.0 Å². The number of benzene rings is 2. The summed E-state index contributed by atoms with van der Waals surface area (Å²) in [6.45, 7) is 0.467. The highest BCUT2D eigenvalue weighted by atomic mass is 19.1. The molecule has 162 valence electrons. The molecule has 0 atom stereocenters. The molecule has 0 bridgehead atoms. The van der Waals surface area contributed by atoms with Gasteiger partial charge in [0.05, 0.1) is 0 Å². The van der Waals surface area contributed by atoms with Crippen LogP contribution in [-0.2, 0) is 17.8 Å². The minimum atomic E-state index is -0.331. The van der Waals surface area contributed by atoms with Crippen LogP contribution in [0.2, 0.25) is 0 Å². The van der Waals surface area contributed by atoms with Gasteiger partial charge in [0.15, 0.2) is 0 Å². The van der Waals surface area contributed by atoms with Crippen molar-refractivity contribution in [2.45, 2.75) is 57.5 Å². The van der Waals surface area contributed by atoms with E-state index in [1.807, 2.05) is 4.90 Å². The minimum Gasteiger partial charge on any atom is -0.339 e. The van der Waals surface area contributed by atoms with E-state index in [1.165, 1.54) is 30.7 Å². The van der Waals surface area contributed by atoms with E-state index in [0.29, 0.717) is 30.2 Å². The quantitative estimate of drug-likeness (QED) is 0.515. The number of rotatable bonds is 7. The fourth-order valence-electron chi connectivity index (χ4n) is 4.03. The van der Waals surface area contributed by atoms with Gasteiger partial charge in [0.2, 0.25) is 17.6 Å². The lowest BCUT2D eigenvalue weighted by atomic mass is 9.93. The van der Waals surface area contributed by atoms with Crippen molar-refractivity contribution in [1.82, 2.24) is 15.0 Å². The molecule has 1 saturated carbocycles. The van der Waals surface area contributed by atoms with Crippen molar-refractivity contribution in [3.8, 4) is 11.4 Å². The van der Waals surface area contributed by atoms with Gasteiger partial charge in [-0.3, -0.25) is 4.79 Å². The van der Waals surface area contributed by atoms with E-state index in [4.69, 9.17) is 4.52 Å². The van der Waals surface area contributed by atoms with Crippen molar-refractivity contribution >= 4 is 5.91 Å². The fourth-order valence-corrected chi connectivity index (χ4v) is 4.03. The van der Waals surface area contributed by atoms with Crippen LogP contribution in [0.4, 0.5) is 8.78 Å². The Morgan fingerprint density at radius 1 is 0.968 bits per heavy atom. The van der Waals surface area contributed by atoms with Crippen molar-refractivity contribution in [1.29, 1.82) is 0 Å². The third-order valence-corrected chi connectivity index (χ3v) is 5.73. The Labute approximate surface area is 180 Å². The average Bonchev–Trinajstić information content (AvgIpc) is 3.27. The largest absolute Gasteiger partial charge is 0.339 e. The number of aromatic nitrogens is 2. The molecule has 31 heavy (non-hydrogen) atoms. The molecule has 1 fully saturated rings. The van der Waals surface area contributed by atoms with Gasteiger partial charge in [0.25, 0.3) is 0 Å². The van der Waals surface area contributed by atoms with Crippen molar-refractivity contribution in [2.24, 2.45) is 0 Å². The van der Waals surface area contributed by atoms with E-state index in [1.54, 1.807) is 24.3 Å². The van der Waals surface area contributed by atoms with Gasteiger partial charge in [-0.05, 0) is 54.8 Å². The second-order valence-electron chi connectivity index (χ2n) is 7.96. The van der Waals surface area contributed by atoms with Crippen LogP contribution in [-0.4, -0.2) is 27.0 Å². The monoisotopic (exact) mass is 425 g/mol. The van der Waals surface area contributed by atoms with Crippen LogP contribution in [0.1, 0.15) is 50.0 Å². The third-order valence-electron chi connectivity index (χ3n) is 5.73. The van der Waals surface area contributed by atoms with E-state index in [2.05, 4.69) is 10.1 Å². The number of hydrogen-bond donors (Lipinski definition) is 0. The molecule has 5 nitrogen and oxygen atoms in total. The number of amides is 1. The summed E-state index contributed by atoms with van der Waals surface area (Å²) >= 11 is 0. The average molecular weight is 425 g/mol. The summed E-state index contributed by atoms with van der Waals surface area (Å²) in [4.78, 5) is 19.4. The zero-order valence-electron chi connectivity index (χ0n) is 17.3. The molecule has 0 aliphatic heterocycles. The van der Waals surface area contributed by atoms with Crippen molar-refractivity contribution in [2.75, 3.05) is 0 Å². The summed E-state index contributed by atoms with van der Waals surface area (Å²) < 4.78 is 31.7. The Morgan fingerprint density at radius 2 is 1.61 bits per heavy atom. The first-order valence-corrected chi connectivity index (χ1v) is 10.7. The molecule has 0 unspecified atom stereocenters. The Morgan fingerprint density at radius 3 is 2.29 bits per heavy atom. The lowest BCUT2D eigenvalue weighted by molar-refractivity contribution is -0.135. The van der Waals surface area contributed by atoms with Gasteiger partial charge in [0, 0.05) is 31.0 Å². The first-order chi connectivity index (χ1) is 15.1. The number of aryl methyl sites for hydroxylation is 1. The van der Waals surface area contributed by atoms with Crippen LogP contribution >= 0.6 is 0 Å². The van der Waals surface area contributed by atoms with Gasteiger partial charge in [-0.15, -0.1) is 0 Å². The summed E-state index contributed by atoms with van der Waals surface area (Å²) in [7, 11) is 0. The van der Waals surface area contributed by atoms with Gasteiger partial charge in [-0.25, -0.2) is 8.78 Å². The highest BCUT2D eigenvalue weighted by Gasteiger charge is 2.26. The first-order valence-electron chi connectivity index (χ1n) is 10.7. The minimum absolute atomic E-state index is 0.0257. The maximum absolute atomic E-state index is 13.3.